The van der Waals surface area contributed by atoms with Crippen LogP contribution in [0.3, 0.4) is 0 Å². The average Bonchev–Trinajstić information content (AvgIpc) is 3.23. The van der Waals surface area contributed by atoms with E-state index < -0.39 is 11.8 Å². The fraction of sp³-hybridized carbons (Fsp3) is 0.400. The van der Waals surface area contributed by atoms with Crippen LogP contribution in [0.2, 0.25) is 0 Å². The van der Waals surface area contributed by atoms with Crippen molar-refractivity contribution >= 4 is 18.0 Å². The second-order valence-electron chi connectivity index (χ2n) is 5.27. The van der Waals surface area contributed by atoms with Crippen LogP contribution in [0.1, 0.15) is 43.7 Å². The molecule has 1 aliphatic rings. The molecule has 106 valence electrons. The molecule has 1 aromatic rings. The third-order valence-electron chi connectivity index (χ3n) is 3.10. The lowest BCUT2D eigenvalue weighted by Crippen LogP contribution is -2.38. The largest absolute Gasteiger partial charge is 0.345 e. The molecule has 0 spiro atoms. The van der Waals surface area contributed by atoms with Gasteiger partial charge in [0.15, 0.2) is 0 Å². The van der Waals surface area contributed by atoms with E-state index in [1.807, 2.05) is 24.3 Å². The van der Waals surface area contributed by atoms with Crippen LogP contribution in [0, 0.1) is 0 Å². The molecule has 20 heavy (non-hydrogen) atoms. The summed E-state index contributed by atoms with van der Waals surface area (Å²) < 4.78 is 0. The lowest BCUT2D eigenvalue weighted by molar-refractivity contribution is -0.139. The fourth-order valence-corrected chi connectivity index (χ4v) is 1.66. The summed E-state index contributed by atoms with van der Waals surface area (Å²) in [4.78, 5) is 22.8. The van der Waals surface area contributed by atoms with Gasteiger partial charge in [-0.15, -0.1) is 0 Å². The highest BCUT2D eigenvalue weighted by Gasteiger charge is 2.26. The van der Waals surface area contributed by atoms with E-state index in [0.29, 0.717) is 5.92 Å². The van der Waals surface area contributed by atoms with Crippen LogP contribution >= 0.6 is 0 Å². The number of carbonyl (C=O) groups excluding carboxylic acids is 2. The van der Waals surface area contributed by atoms with Crippen molar-refractivity contribution in [3.05, 3.63) is 35.4 Å². The quantitative estimate of drug-likeness (QED) is 0.496. The molecule has 1 aliphatic carbocycles. The standard InChI is InChI=1S/C15H19N3O2/c1-10(2)12-5-3-11(4-6-12)9-16-18-15(20)14(19)17-13-7-8-13/h3-6,9-10,13H,7-8H2,1-2H3,(H,17,19)(H,18,20)/b16-9-. The van der Waals surface area contributed by atoms with Crippen LogP contribution < -0.4 is 10.7 Å². The highest BCUT2D eigenvalue weighted by Crippen LogP contribution is 2.18. The number of hydrazone groups is 1. The molecule has 1 aromatic carbocycles. The van der Waals surface area contributed by atoms with Gasteiger partial charge >= 0.3 is 11.8 Å². The Morgan fingerprint density at radius 3 is 2.40 bits per heavy atom. The molecule has 5 heteroatoms. The number of benzene rings is 1. The summed E-state index contributed by atoms with van der Waals surface area (Å²) in [5.74, 6) is -0.876. The maximum atomic E-state index is 11.4. The third kappa shape index (κ3) is 4.19. The molecule has 0 aromatic heterocycles. The van der Waals surface area contributed by atoms with Gasteiger partial charge in [-0.3, -0.25) is 9.59 Å². The molecule has 0 heterocycles. The van der Waals surface area contributed by atoms with E-state index >= 15 is 0 Å². The first-order chi connectivity index (χ1) is 9.56. The maximum Gasteiger partial charge on any atom is 0.329 e. The van der Waals surface area contributed by atoms with Crippen molar-refractivity contribution in [2.75, 3.05) is 0 Å². The van der Waals surface area contributed by atoms with E-state index in [1.165, 1.54) is 11.8 Å². The first-order valence-electron chi connectivity index (χ1n) is 6.80. The Morgan fingerprint density at radius 1 is 1.20 bits per heavy atom. The zero-order valence-corrected chi connectivity index (χ0v) is 11.7. The van der Waals surface area contributed by atoms with Crippen molar-refractivity contribution in [2.45, 2.75) is 38.6 Å². The van der Waals surface area contributed by atoms with Gasteiger partial charge in [0.05, 0.1) is 6.21 Å². The van der Waals surface area contributed by atoms with Crippen molar-refractivity contribution in [2.24, 2.45) is 5.10 Å². The van der Waals surface area contributed by atoms with Crippen LogP contribution in [-0.4, -0.2) is 24.1 Å². The summed E-state index contributed by atoms with van der Waals surface area (Å²) in [5.41, 5.74) is 4.34. The van der Waals surface area contributed by atoms with Crippen molar-refractivity contribution in [3.8, 4) is 0 Å². The Kier molecular flexibility index (Phi) is 4.50. The number of hydrogen-bond acceptors (Lipinski definition) is 3. The lowest BCUT2D eigenvalue weighted by atomic mass is 10.0. The van der Waals surface area contributed by atoms with Gasteiger partial charge in [0.2, 0.25) is 0 Å². The number of hydrogen-bond donors (Lipinski definition) is 2. The summed E-state index contributed by atoms with van der Waals surface area (Å²) in [6.07, 6.45) is 3.42. The zero-order chi connectivity index (χ0) is 14.5. The monoisotopic (exact) mass is 273 g/mol. The SMILES string of the molecule is CC(C)c1ccc(/C=N\NC(=O)C(=O)NC2CC2)cc1. The van der Waals surface area contributed by atoms with Crippen molar-refractivity contribution in [1.29, 1.82) is 0 Å². The molecule has 0 bridgehead atoms. The van der Waals surface area contributed by atoms with Crippen LogP contribution in [0.5, 0.6) is 0 Å². The van der Waals surface area contributed by atoms with Crippen LogP contribution in [-0.2, 0) is 9.59 Å². The van der Waals surface area contributed by atoms with E-state index in [9.17, 15) is 9.59 Å². The summed E-state index contributed by atoms with van der Waals surface area (Å²) >= 11 is 0. The first-order valence-corrected chi connectivity index (χ1v) is 6.80. The predicted octanol–water partition coefficient (Wildman–Crippen LogP) is 1.54. The molecular weight excluding hydrogens is 254 g/mol. The minimum atomic E-state index is -0.730. The molecule has 1 saturated carbocycles. The van der Waals surface area contributed by atoms with Gasteiger partial charge in [-0.2, -0.15) is 5.10 Å². The molecule has 2 amide bonds. The molecule has 5 nitrogen and oxygen atoms in total. The topological polar surface area (TPSA) is 70.6 Å². The second-order valence-corrected chi connectivity index (χ2v) is 5.27. The van der Waals surface area contributed by atoms with Crippen LogP contribution in [0.15, 0.2) is 29.4 Å². The Morgan fingerprint density at radius 2 is 1.85 bits per heavy atom. The Hall–Kier alpha value is -2.17. The molecular formula is C15H19N3O2. The molecule has 0 radical (unpaired) electrons. The predicted molar refractivity (Wildman–Crippen MR) is 77.4 cm³/mol. The van der Waals surface area contributed by atoms with Gasteiger partial charge in [0.1, 0.15) is 0 Å². The van der Waals surface area contributed by atoms with Gasteiger partial charge in [-0.05, 0) is 29.9 Å². The number of amides is 2. The van der Waals surface area contributed by atoms with E-state index in [1.54, 1.807) is 0 Å². The number of rotatable bonds is 4. The minimum absolute atomic E-state index is 0.167. The molecule has 1 fully saturated rings. The maximum absolute atomic E-state index is 11.4. The smallest absolute Gasteiger partial charge is 0.329 e. The second kappa shape index (κ2) is 6.32. The Balaban J connectivity index is 1.82. The highest BCUT2D eigenvalue weighted by molar-refractivity contribution is 6.35. The zero-order valence-electron chi connectivity index (χ0n) is 11.7. The van der Waals surface area contributed by atoms with Crippen molar-refractivity contribution < 1.29 is 9.59 Å². The molecule has 0 aliphatic heterocycles. The summed E-state index contributed by atoms with van der Waals surface area (Å²) in [5, 5.41) is 6.38. The number of nitrogens with one attached hydrogen (secondary N) is 2. The van der Waals surface area contributed by atoms with E-state index in [0.717, 1.165) is 18.4 Å². The molecule has 0 saturated heterocycles. The average molecular weight is 273 g/mol. The van der Waals surface area contributed by atoms with E-state index in [4.69, 9.17) is 0 Å². The van der Waals surface area contributed by atoms with Crippen LogP contribution in [0.25, 0.3) is 0 Å². The lowest BCUT2D eigenvalue weighted by Gasteiger charge is -2.04. The number of nitrogens with zero attached hydrogens (tertiary/aromatic N) is 1. The summed E-state index contributed by atoms with van der Waals surface area (Å²) in [6, 6.07) is 8.06. The first kappa shape index (κ1) is 14.2. The van der Waals surface area contributed by atoms with Crippen molar-refractivity contribution in [3.63, 3.8) is 0 Å². The molecule has 2 N–H and O–H groups in total. The Bertz CT molecular complexity index is 516. The highest BCUT2D eigenvalue weighted by atomic mass is 16.2. The fourth-order valence-electron chi connectivity index (χ4n) is 1.66. The Labute approximate surface area is 118 Å². The third-order valence-corrected chi connectivity index (χ3v) is 3.10. The minimum Gasteiger partial charge on any atom is -0.345 e. The van der Waals surface area contributed by atoms with E-state index in [-0.39, 0.29) is 6.04 Å². The normalized spacial score (nSPS) is 14.6. The number of carbonyl (C=O) groups is 2. The summed E-state index contributed by atoms with van der Waals surface area (Å²) in [6.45, 7) is 4.25. The van der Waals surface area contributed by atoms with Crippen molar-refractivity contribution in [1.82, 2.24) is 10.7 Å². The molecule has 0 unspecified atom stereocenters. The van der Waals surface area contributed by atoms with Crippen LogP contribution in [0.4, 0.5) is 0 Å². The molecule has 0 atom stereocenters. The van der Waals surface area contributed by atoms with Gasteiger partial charge in [-0.1, -0.05) is 38.1 Å². The van der Waals surface area contributed by atoms with E-state index in [2.05, 4.69) is 29.7 Å². The molecule has 2 rings (SSSR count). The summed E-state index contributed by atoms with van der Waals surface area (Å²) in [7, 11) is 0. The van der Waals surface area contributed by atoms with Gasteiger partial charge in [-0.25, -0.2) is 5.43 Å². The van der Waals surface area contributed by atoms with Gasteiger partial charge in [0.25, 0.3) is 0 Å². The van der Waals surface area contributed by atoms with Gasteiger partial charge in [0, 0.05) is 6.04 Å². The van der Waals surface area contributed by atoms with Gasteiger partial charge < -0.3 is 5.32 Å².